The standard InChI is InChI=1S/C30H31N3O3S/c1-18(2)31-28(35)24-13-14-25-26(16-24)32-30(33(29(25)36)17-22-9-7-6-8-10-22)37-21(5)27(34)23-12-11-19(3)20(4)15-23/h6-16,18,21H,17H2,1-5H3,(H,31,35). The molecule has 0 aliphatic heterocycles. The average Bonchev–Trinajstić information content (AvgIpc) is 2.87. The van der Waals surface area contributed by atoms with E-state index in [1.165, 1.54) is 11.8 Å². The van der Waals surface area contributed by atoms with Gasteiger partial charge >= 0.3 is 0 Å². The van der Waals surface area contributed by atoms with E-state index in [1.54, 1.807) is 22.8 Å². The van der Waals surface area contributed by atoms with Gasteiger partial charge in [0.25, 0.3) is 11.5 Å². The third kappa shape index (κ3) is 6.00. The smallest absolute Gasteiger partial charge is 0.262 e. The third-order valence-electron chi connectivity index (χ3n) is 6.23. The molecular formula is C30H31N3O3S. The van der Waals surface area contributed by atoms with Crippen LogP contribution >= 0.6 is 11.8 Å². The van der Waals surface area contributed by atoms with E-state index in [0.29, 0.717) is 33.7 Å². The van der Waals surface area contributed by atoms with Gasteiger partial charge in [0.2, 0.25) is 0 Å². The number of nitrogens with one attached hydrogen (secondary N) is 1. The van der Waals surface area contributed by atoms with Crippen LogP contribution in [0, 0.1) is 13.8 Å². The number of carbonyl (C=O) groups excluding carboxylic acids is 2. The lowest BCUT2D eigenvalue weighted by Gasteiger charge is -2.17. The molecule has 190 valence electrons. The van der Waals surface area contributed by atoms with Crippen LogP contribution in [-0.2, 0) is 6.54 Å². The number of rotatable bonds is 8. The fraction of sp³-hybridized carbons (Fsp3) is 0.267. The van der Waals surface area contributed by atoms with Gasteiger partial charge < -0.3 is 5.32 Å². The molecule has 1 unspecified atom stereocenters. The number of carbonyl (C=O) groups is 2. The zero-order valence-corrected chi connectivity index (χ0v) is 22.6. The van der Waals surface area contributed by atoms with E-state index in [2.05, 4.69) is 5.32 Å². The molecule has 1 heterocycles. The lowest BCUT2D eigenvalue weighted by Crippen LogP contribution is -2.30. The Morgan fingerprint density at radius 2 is 1.62 bits per heavy atom. The van der Waals surface area contributed by atoms with Crippen molar-refractivity contribution >= 4 is 34.4 Å². The molecule has 3 aromatic carbocycles. The third-order valence-corrected chi connectivity index (χ3v) is 7.32. The molecule has 0 aliphatic rings. The summed E-state index contributed by atoms with van der Waals surface area (Å²) in [4.78, 5) is 44.3. The van der Waals surface area contributed by atoms with E-state index < -0.39 is 5.25 Å². The molecule has 0 spiro atoms. The summed E-state index contributed by atoms with van der Waals surface area (Å²) in [6, 6.07) is 20.3. The molecule has 0 saturated heterocycles. The Hall–Kier alpha value is -3.71. The minimum atomic E-state index is -0.471. The van der Waals surface area contributed by atoms with Crippen LogP contribution in [0.3, 0.4) is 0 Å². The zero-order valence-electron chi connectivity index (χ0n) is 21.7. The molecule has 1 N–H and O–H groups in total. The summed E-state index contributed by atoms with van der Waals surface area (Å²) in [5.41, 5.74) is 4.42. The van der Waals surface area contributed by atoms with Crippen molar-refractivity contribution in [3.8, 4) is 0 Å². The maximum Gasteiger partial charge on any atom is 0.262 e. The van der Waals surface area contributed by atoms with Gasteiger partial charge in [0.1, 0.15) is 0 Å². The van der Waals surface area contributed by atoms with Crippen LogP contribution in [0.25, 0.3) is 10.9 Å². The normalized spacial score (nSPS) is 12.1. The van der Waals surface area contributed by atoms with Gasteiger partial charge in [0, 0.05) is 17.2 Å². The van der Waals surface area contributed by atoms with Crippen LogP contribution in [0.4, 0.5) is 0 Å². The van der Waals surface area contributed by atoms with Crippen molar-refractivity contribution in [2.45, 2.75) is 57.6 Å². The molecule has 4 aromatic rings. The number of aromatic nitrogens is 2. The topological polar surface area (TPSA) is 81.1 Å². The second-order valence-corrected chi connectivity index (χ2v) is 10.9. The molecule has 37 heavy (non-hydrogen) atoms. The number of Topliss-reactive ketones (excluding diaryl/α,β-unsaturated/α-hetero) is 1. The highest BCUT2D eigenvalue weighted by molar-refractivity contribution is 8.00. The lowest BCUT2D eigenvalue weighted by atomic mass is 10.0. The van der Waals surface area contributed by atoms with Crippen LogP contribution in [0.5, 0.6) is 0 Å². The van der Waals surface area contributed by atoms with Crippen molar-refractivity contribution in [3.05, 3.63) is 105 Å². The second-order valence-electron chi connectivity index (χ2n) is 9.55. The van der Waals surface area contributed by atoms with E-state index >= 15 is 0 Å². The Morgan fingerprint density at radius 3 is 2.30 bits per heavy atom. The minimum absolute atomic E-state index is 0.0154. The van der Waals surface area contributed by atoms with Crippen molar-refractivity contribution < 1.29 is 9.59 Å². The van der Waals surface area contributed by atoms with Crippen molar-refractivity contribution in [1.29, 1.82) is 0 Å². The zero-order chi connectivity index (χ0) is 26.7. The molecule has 7 heteroatoms. The number of ketones is 1. The summed E-state index contributed by atoms with van der Waals surface area (Å²) < 4.78 is 1.61. The van der Waals surface area contributed by atoms with Crippen LogP contribution in [0.15, 0.2) is 76.7 Å². The Labute approximate surface area is 221 Å². The van der Waals surface area contributed by atoms with Crippen LogP contribution in [0.2, 0.25) is 0 Å². The summed E-state index contributed by atoms with van der Waals surface area (Å²) in [6.07, 6.45) is 0. The fourth-order valence-corrected chi connectivity index (χ4v) is 5.01. The first-order valence-corrected chi connectivity index (χ1v) is 13.2. The van der Waals surface area contributed by atoms with Crippen LogP contribution in [-0.4, -0.2) is 32.5 Å². The fourth-order valence-electron chi connectivity index (χ4n) is 4.02. The molecule has 4 rings (SSSR count). The Bertz CT molecular complexity index is 1530. The first kappa shape index (κ1) is 26.4. The molecule has 6 nitrogen and oxygen atoms in total. The highest BCUT2D eigenvalue weighted by Gasteiger charge is 2.22. The van der Waals surface area contributed by atoms with Gasteiger partial charge in [-0.2, -0.15) is 0 Å². The number of amides is 1. The molecule has 0 bridgehead atoms. The van der Waals surface area contributed by atoms with Crippen molar-refractivity contribution in [2.75, 3.05) is 0 Å². The molecule has 1 aromatic heterocycles. The van der Waals surface area contributed by atoms with Gasteiger partial charge in [0.05, 0.1) is 22.7 Å². The van der Waals surface area contributed by atoms with Crippen molar-refractivity contribution in [1.82, 2.24) is 14.9 Å². The number of fused-ring (bicyclic) bond motifs is 1. The van der Waals surface area contributed by atoms with E-state index in [-0.39, 0.29) is 23.3 Å². The summed E-state index contributed by atoms with van der Waals surface area (Å²) in [5, 5.41) is 3.26. The van der Waals surface area contributed by atoms with Gasteiger partial charge in [-0.15, -0.1) is 0 Å². The van der Waals surface area contributed by atoms with Crippen LogP contribution < -0.4 is 10.9 Å². The molecule has 0 radical (unpaired) electrons. The van der Waals surface area contributed by atoms with Crippen LogP contribution in [0.1, 0.15) is 58.2 Å². The van der Waals surface area contributed by atoms with E-state index in [4.69, 9.17) is 4.98 Å². The predicted molar refractivity (Wildman–Crippen MR) is 150 cm³/mol. The predicted octanol–water partition coefficient (Wildman–Crippen LogP) is 5.56. The van der Waals surface area contributed by atoms with E-state index in [1.807, 2.05) is 83.1 Å². The van der Waals surface area contributed by atoms with Crippen molar-refractivity contribution in [3.63, 3.8) is 0 Å². The first-order valence-electron chi connectivity index (χ1n) is 12.3. The van der Waals surface area contributed by atoms with Gasteiger partial charge in [-0.05, 0) is 75.6 Å². The highest BCUT2D eigenvalue weighted by atomic mass is 32.2. The van der Waals surface area contributed by atoms with Gasteiger partial charge in [-0.25, -0.2) is 4.98 Å². The molecule has 0 aliphatic carbocycles. The van der Waals surface area contributed by atoms with Crippen molar-refractivity contribution in [2.24, 2.45) is 0 Å². The first-order chi connectivity index (χ1) is 17.6. The number of thioether (sulfide) groups is 1. The Kier molecular flexibility index (Phi) is 7.93. The number of nitrogens with zero attached hydrogens (tertiary/aromatic N) is 2. The molecular weight excluding hydrogens is 482 g/mol. The highest BCUT2D eigenvalue weighted by Crippen LogP contribution is 2.26. The van der Waals surface area contributed by atoms with Gasteiger partial charge in [-0.1, -0.05) is 54.2 Å². The Balaban J connectivity index is 1.77. The van der Waals surface area contributed by atoms with E-state index in [9.17, 15) is 14.4 Å². The quantitative estimate of drug-likeness (QED) is 0.189. The summed E-state index contributed by atoms with van der Waals surface area (Å²) >= 11 is 1.26. The lowest BCUT2D eigenvalue weighted by molar-refractivity contribution is 0.0942. The largest absolute Gasteiger partial charge is 0.350 e. The summed E-state index contributed by atoms with van der Waals surface area (Å²) in [6.45, 7) is 9.94. The monoisotopic (exact) mass is 513 g/mol. The molecule has 0 fully saturated rings. The molecule has 1 atom stereocenters. The second kappa shape index (κ2) is 11.1. The summed E-state index contributed by atoms with van der Waals surface area (Å²) in [7, 11) is 0. The molecule has 1 amide bonds. The van der Waals surface area contributed by atoms with Gasteiger partial charge in [-0.3, -0.25) is 19.0 Å². The Morgan fingerprint density at radius 1 is 0.919 bits per heavy atom. The maximum absolute atomic E-state index is 13.6. The minimum Gasteiger partial charge on any atom is -0.350 e. The number of benzene rings is 3. The average molecular weight is 514 g/mol. The number of hydrogen-bond donors (Lipinski definition) is 1. The molecule has 0 saturated carbocycles. The number of aryl methyl sites for hydroxylation is 2. The summed E-state index contributed by atoms with van der Waals surface area (Å²) in [5.74, 6) is -0.251. The maximum atomic E-state index is 13.6. The SMILES string of the molecule is Cc1ccc(C(=O)C(C)Sc2nc3cc(C(=O)NC(C)C)ccc3c(=O)n2Cc2ccccc2)cc1C. The van der Waals surface area contributed by atoms with Gasteiger partial charge in [0.15, 0.2) is 10.9 Å². The number of hydrogen-bond acceptors (Lipinski definition) is 5. The van der Waals surface area contributed by atoms with E-state index in [0.717, 1.165) is 16.7 Å².